The van der Waals surface area contributed by atoms with Crippen molar-refractivity contribution in [2.75, 3.05) is 12.5 Å². The Balaban J connectivity index is 2.37. The van der Waals surface area contributed by atoms with Gasteiger partial charge in [-0.25, -0.2) is 0 Å². The van der Waals surface area contributed by atoms with Crippen LogP contribution >= 0.6 is 11.6 Å². The number of ketones is 1. The summed E-state index contributed by atoms with van der Waals surface area (Å²) < 4.78 is 0. The Morgan fingerprint density at radius 3 is 2.86 bits per heavy atom. The maximum Gasteiger partial charge on any atom is 0.141 e. The molecule has 0 aliphatic heterocycles. The first-order chi connectivity index (χ1) is 6.60. The largest absolute Gasteiger partial charge is 0.396 e. The fourth-order valence-electron chi connectivity index (χ4n) is 3.59. The van der Waals surface area contributed by atoms with E-state index in [0.29, 0.717) is 24.0 Å². The van der Waals surface area contributed by atoms with Gasteiger partial charge in [-0.2, -0.15) is 0 Å². The van der Waals surface area contributed by atoms with Crippen LogP contribution in [0, 0.1) is 16.7 Å². The minimum absolute atomic E-state index is 0.0411. The number of rotatable bonds is 3. The fraction of sp³-hybridized carbons (Fsp3) is 0.909. The Hall–Kier alpha value is -0.0800. The predicted molar refractivity (Wildman–Crippen MR) is 55.3 cm³/mol. The Bertz CT molecular complexity index is 266. The number of alkyl halides is 1. The maximum absolute atomic E-state index is 11.9. The molecule has 1 N–H and O–H groups in total. The van der Waals surface area contributed by atoms with Crippen molar-refractivity contribution in [2.45, 2.75) is 32.6 Å². The summed E-state index contributed by atoms with van der Waals surface area (Å²) in [4.78, 5) is 11.9. The molecule has 2 nitrogen and oxygen atoms in total. The van der Waals surface area contributed by atoms with Gasteiger partial charge in [-0.15, -0.1) is 11.6 Å². The van der Waals surface area contributed by atoms with Crippen molar-refractivity contribution >= 4 is 17.4 Å². The molecule has 2 fully saturated rings. The van der Waals surface area contributed by atoms with E-state index in [1.807, 2.05) is 0 Å². The second-order valence-corrected chi connectivity index (χ2v) is 5.24. The number of aliphatic hydroxyl groups is 1. The van der Waals surface area contributed by atoms with Crippen molar-refractivity contribution in [3.8, 4) is 0 Å². The summed E-state index contributed by atoms with van der Waals surface area (Å²) in [5.74, 6) is 1.22. The zero-order valence-electron chi connectivity index (χ0n) is 8.55. The second-order valence-electron chi connectivity index (χ2n) is 4.97. The van der Waals surface area contributed by atoms with Gasteiger partial charge in [0.25, 0.3) is 0 Å². The van der Waals surface area contributed by atoms with E-state index in [0.717, 1.165) is 19.3 Å². The molecular weight excluding hydrogens is 200 g/mol. The van der Waals surface area contributed by atoms with Gasteiger partial charge in [0.05, 0.1) is 0 Å². The van der Waals surface area contributed by atoms with Gasteiger partial charge < -0.3 is 5.11 Å². The Morgan fingerprint density at radius 1 is 1.64 bits per heavy atom. The van der Waals surface area contributed by atoms with E-state index >= 15 is 0 Å². The number of hydrogen-bond acceptors (Lipinski definition) is 2. The number of fused-ring (bicyclic) bond motifs is 2. The lowest BCUT2D eigenvalue weighted by molar-refractivity contribution is -0.128. The van der Waals surface area contributed by atoms with Gasteiger partial charge in [0.1, 0.15) is 5.78 Å². The van der Waals surface area contributed by atoms with Crippen LogP contribution in [0.3, 0.4) is 0 Å². The zero-order chi connectivity index (χ0) is 10.4. The van der Waals surface area contributed by atoms with Crippen molar-refractivity contribution in [2.24, 2.45) is 16.7 Å². The monoisotopic (exact) mass is 216 g/mol. The van der Waals surface area contributed by atoms with E-state index in [4.69, 9.17) is 16.7 Å². The van der Waals surface area contributed by atoms with Gasteiger partial charge in [0.15, 0.2) is 0 Å². The molecule has 0 saturated heterocycles. The topological polar surface area (TPSA) is 37.3 Å². The van der Waals surface area contributed by atoms with Crippen molar-refractivity contribution < 1.29 is 9.90 Å². The lowest BCUT2D eigenvalue weighted by Gasteiger charge is -2.37. The summed E-state index contributed by atoms with van der Waals surface area (Å²) in [6.07, 6.45) is 3.44. The Kier molecular flexibility index (Phi) is 2.39. The molecule has 3 atom stereocenters. The molecule has 2 aliphatic rings. The molecule has 2 rings (SSSR count). The highest BCUT2D eigenvalue weighted by Gasteiger charge is 2.65. The minimum atomic E-state index is -0.318. The normalized spacial score (nSPS) is 46.2. The third-order valence-electron chi connectivity index (χ3n) is 4.74. The lowest BCUT2D eigenvalue weighted by Crippen LogP contribution is -2.40. The number of carbonyl (C=O) groups excluding carboxylic acids is 1. The molecule has 0 aromatic carbocycles. The summed E-state index contributed by atoms with van der Waals surface area (Å²) in [6.45, 7) is 2.30. The van der Waals surface area contributed by atoms with Crippen molar-refractivity contribution in [3.63, 3.8) is 0 Å². The standard InChI is InChI=1S/C11H17ClO2/c1-10(4-5-13)8-2-3-11(10,7-12)9(14)6-8/h8,13H,2-7H2,1H3. The Labute approximate surface area is 89.6 Å². The molecule has 80 valence electrons. The quantitative estimate of drug-likeness (QED) is 0.733. The van der Waals surface area contributed by atoms with Crippen LogP contribution in [0.15, 0.2) is 0 Å². The molecule has 0 aromatic heterocycles. The van der Waals surface area contributed by atoms with Crippen molar-refractivity contribution in [1.29, 1.82) is 0 Å². The smallest absolute Gasteiger partial charge is 0.141 e. The highest BCUT2D eigenvalue weighted by atomic mass is 35.5. The number of carbonyl (C=O) groups is 1. The van der Waals surface area contributed by atoms with Crippen LogP contribution in [0.25, 0.3) is 0 Å². The van der Waals surface area contributed by atoms with Gasteiger partial charge in [0.2, 0.25) is 0 Å². The van der Waals surface area contributed by atoms with Gasteiger partial charge in [-0.1, -0.05) is 6.92 Å². The van der Waals surface area contributed by atoms with E-state index in [1.165, 1.54) is 0 Å². The average molecular weight is 217 g/mol. The number of Topliss-reactive ketones (excluding diaryl/α,β-unsaturated/α-hetero) is 1. The zero-order valence-corrected chi connectivity index (χ0v) is 9.31. The average Bonchev–Trinajstić information content (AvgIpc) is 2.53. The SMILES string of the molecule is CC1(CCO)C2CCC1(CCl)C(=O)C2. The van der Waals surface area contributed by atoms with Crippen LogP contribution in [-0.4, -0.2) is 23.4 Å². The number of halogens is 1. The van der Waals surface area contributed by atoms with Crippen LogP contribution in [0.5, 0.6) is 0 Å². The van der Waals surface area contributed by atoms with Crippen LogP contribution in [0.1, 0.15) is 32.6 Å². The number of hydrogen-bond donors (Lipinski definition) is 1. The molecule has 0 aromatic rings. The first-order valence-corrected chi connectivity index (χ1v) is 5.84. The maximum atomic E-state index is 11.9. The molecule has 3 heteroatoms. The fourth-order valence-corrected chi connectivity index (χ4v) is 4.18. The first kappa shape index (κ1) is 10.4. The van der Waals surface area contributed by atoms with Crippen LogP contribution in [0.4, 0.5) is 0 Å². The van der Waals surface area contributed by atoms with Gasteiger partial charge >= 0.3 is 0 Å². The summed E-state index contributed by atoms with van der Waals surface area (Å²) in [6, 6.07) is 0. The Morgan fingerprint density at radius 2 is 2.36 bits per heavy atom. The van der Waals surface area contributed by atoms with E-state index < -0.39 is 0 Å². The van der Waals surface area contributed by atoms with E-state index in [-0.39, 0.29) is 17.4 Å². The van der Waals surface area contributed by atoms with E-state index in [9.17, 15) is 4.79 Å². The predicted octanol–water partition coefficient (Wildman–Crippen LogP) is 1.98. The molecule has 3 unspecified atom stereocenters. The van der Waals surface area contributed by atoms with Gasteiger partial charge in [-0.3, -0.25) is 4.79 Å². The summed E-state index contributed by atoms with van der Waals surface area (Å²) in [7, 11) is 0. The molecule has 0 amide bonds. The van der Waals surface area contributed by atoms with E-state index in [2.05, 4.69) is 6.92 Å². The third kappa shape index (κ3) is 0.989. The summed E-state index contributed by atoms with van der Waals surface area (Å²) in [5, 5.41) is 9.10. The van der Waals surface area contributed by atoms with E-state index in [1.54, 1.807) is 0 Å². The first-order valence-electron chi connectivity index (χ1n) is 5.31. The molecule has 14 heavy (non-hydrogen) atoms. The number of aliphatic hydroxyl groups excluding tert-OH is 1. The van der Waals surface area contributed by atoms with Crippen molar-refractivity contribution in [3.05, 3.63) is 0 Å². The molecule has 0 spiro atoms. The summed E-state index contributed by atoms with van der Waals surface area (Å²) in [5.41, 5.74) is -0.359. The minimum Gasteiger partial charge on any atom is -0.396 e. The van der Waals surface area contributed by atoms with Crippen LogP contribution in [-0.2, 0) is 4.79 Å². The second kappa shape index (κ2) is 3.21. The van der Waals surface area contributed by atoms with Crippen LogP contribution < -0.4 is 0 Å². The molecule has 2 aliphatic carbocycles. The van der Waals surface area contributed by atoms with Gasteiger partial charge in [-0.05, 0) is 30.6 Å². The lowest BCUT2D eigenvalue weighted by atomic mass is 9.67. The highest BCUT2D eigenvalue weighted by Crippen LogP contribution is 2.65. The summed E-state index contributed by atoms with van der Waals surface area (Å²) >= 11 is 6.00. The van der Waals surface area contributed by atoms with Crippen molar-refractivity contribution in [1.82, 2.24) is 0 Å². The molecular formula is C11H17ClO2. The van der Waals surface area contributed by atoms with Crippen LogP contribution in [0.2, 0.25) is 0 Å². The highest BCUT2D eigenvalue weighted by molar-refractivity contribution is 6.20. The van der Waals surface area contributed by atoms with Gasteiger partial charge in [0, 0.05) is 24.3 Å². The third-order valence-corrected chi connectivity index (χ3v) is 5.19. The molecule has 0 heterocycles. The molecule has 0 radical (unpaired) electrons. The molecule has 2 saturated carbocycles. The molecule has 2 bridgehead atoms.